The average molecular weight is 634 g/mol. The third-order valence-electron chi connectivity index (χ3n) is 7.18. The summed E-state index contributed by atoms with van der Waals surface area (Å²) < 4.78 is 45.5. The van der Waals surface area contributed by atoms with Crippen molar-refractivity contribution in [1.82, 2.24) is 5.32 Å². The highest BCUT2D eigenvalue weighted by molar-refractivity contribution is 7.80. The summed E-state index contributed by atoms with van der Waals surface area (Å²) >= 11 is 0. The van der Waals surface area contributed by atoms with Gasteiger partial charge in [-0.3, -0.25) is 9.45 Å². The monoisotopic (exact) mass is 633 g/mol. The molecule has 1 saturated heterocycles. The Morgan fingerprint density at radius 3 is 2.35 bits per heavy atom. The van der Waals surface area contributed by atoms with Crippen molar-refractivity contribution >= 4 is 34.0 Å². The molecule has 0 aromatic heterocycles. The lowest BCUT2D eigenvalue weighted by molar-refractivity contribution is -0.838. The molecule has 0 aliphatic carbocycles. The van der Waals surface area contributed by atoms with Gasteiger partial charge in [0.2, 0.25) is 6.29 Å². The Balaban J connectivity index is 1.57. The van der Waals surface area contributed by atoms with E-state index in [4.69, 9.17) is 14.0 Å². The molecule has 10 N–H and O–H groups in total. The zero-order chi connectivity index (χ0) is 31.8. The smallest absolute Gasteiger partial charge is 0.397 e. The standard InChI is InChI=1S/C24H28N2O16S/c27-15-7-13-10(6-16(15)41-24-20(30)19(29)18(28)17(42-24)8-40-43(37,38)39)5-14(23(35)36)26(13)2-1-9-3-11(21(31)32)25-12(4-9)22(33)34/h1,3,6-7,12,14,17-20,24-25,27-30H,2,4-5,8H2,(H,31,32)(H,33,34)(H,35,36)(H,37,38,39)/p+1/b9-1+/t12-,14+,17-,18-,19+,20-,24-/m1/s1. The number of hydrogen-bond donors (Lipinski definition) is 10. The van der Waals surface area contributed by atoms with Gasteiger partial charge >= 0.3 is 28.3 Å². The first-order valence-corrected chi connectivity index (χ1v) is 14.0. The third kappa shape index (κ3) is 7.22. The first-order valence-electron chi connectivity index (χ1n) is 12.6. The average Bonchev–Trinajstić information content (AvgIpc) is 3.28. The van der Waals surface area contributed by atoms with E-state index in [2.05, 4.69) is 9.50 Å². The number of allylic oxidation sites excluding steroid dienone is 1. The molecule has 0 radical (unpaired) electrons. The molecule has 4 rings (SSSR count). The van der Waals surface area contributed by atoms with Crippen LogP contribution >= 0.6 is 0 Å². The molecule has 1 unspecified atom stereocenters. The molecule has 3 aliphatic heterocycles. The van der Waals surface area contributed by atoms with Crippen LogP contribution in [0.15, 0.2) is 35.6 Å². The number of carboxylic acids is 3. The minimum Gasteiger partial charge on any atom is -0.504 e. The summed E-state index contributed by atoms with van der Waals surface area (Å²) in [4.78, 5) is 35.3. The van der Waals surface area contributed by atoms with Crippen LogP contribution in [0, 0.1) is 0 Å². The molecule has 3 heterocycles. The van der Waals surface area contributed by atoms with Crippen molar-refractivity contribution in [2.75, 3.05) is 13.2 Å². The number of quaternary nitrogens is 1. The molecule has 18 nitrogen and oxygen atoms in total. The number of fused-ring (bicyclic) bond motifs is 1. The zero-order valence-electron chi connectivity index (χ0n) is 21.9. The maximum atomic E-state index is 12.1. The Morgan fingerprint density at radius 1 is 1.05 bits per heavy atom. The third-order valence-corrected chi connectivity index (χ3v) is 7.61. The molecule has 0 bridgehead atoms. The number of aliphatic hydroxyl groups excluding tert-OH is 3. The number of nitrogens with one attached hydrogen (secondary N) is 2. The van der Waals surface area contributed by atoms with Crippen LogP contribution in [0.5, 0.6) is 11.5 Å². The first-order chi connectivity index (χ1) is 20.1. The lowest BCUT2D eigenvalue weighted by Gasteiger charge is -2.39. The highest BCUT2D eigenvalue weighted by Gasteiger charge is 2.46. The second-order valence-corrected chi connectivity index (χ2v) is 11.1. The number of aliphatic hydroxyl groups is 3. The predicted molar refractivity (Wildman–Crippen MR) is 137 cm³/mol. The molecule has 8 atom stereocenters. The molecule has 1 fully saturated rings. The van der Waals surface area contributed by atoms with Crippen molar-refractivity contribution in [2.45, 2.75) is 55.6 Å². The van der Waals surface area contributed by atoms with Gasteiger partial charge in [-0.15, -0.1) is 0 Å². The van der Waals surface area contributed by atoms with E-state index in [1.165, 1.54) is 24.3 Å². The second-order valence-electron chi connectivity index (χ2n) is 10.0. The number of rotatable bonds is 10. The van der Waals surface area contributed by atoms with Crippen molar-refractivity contribution in [2.24, 2.45) is 0 Å². The van der Waals surface area contributed by atoms with Gasteiger partial charge in [0.15, 0.2) is 17.5 Å². The Kier molecular flexibility index (Phi) is 9.27. The van der Waals surface area contributed by atoms with Gasteiger partial charge in [0.25, 0.3) is 0 Å². The lowest BCUT2D eigenvalue weighted by atomic mass is 9.99. The maximum Gasteiger partial charge on any atom is 0.397 e. The number of phenolic OH excluding ortho intramolecular Hbond substituents is 1. The van der Waals surface area contributed by atoms with Crippen LogP contribution in [0.1, 0.15) is 12.0 Å². The van der Waals surface area contributed by atoms with Crippen molar-refractivity contribution in [1.29, 1.82) is 0 Å². The van der Waals surface area contributed by atoms with Gasteiger partial charge < -0.3 is 50.5 Å². The van der Waals surface area contributed by atoms with Gasteiger partial charge in [-0.05, 0) is 23.8 Å². The van der Waals surface area contributed by atoms with Crippen LogP contribution in [0.4, 0.5) is 5.69 Å². The number of aliphatic carboxylic acids is 3. The highest BCUT2D eigenvalue weighted by atomic mass is 32.3. The van der Waals surface area contributed by atoms with Crippen LogP contribution in [-0.2, 0) is 40.1 Å². The fourth-order valence-corrected chi connectivity index (χ4v) is 5.34. The van der Waals surface area contributed by atoms with Crippen molar-refractivity contribution in [3.8, 4) is 11.5 Å². The fourth-order valence-electron chi connectivity index (χ4n) is 5.04. The SMILES string of the molecule is O=C(O)C1=C/C(=C\C[NH+]2c3cc(O)c(O[C@@H]4O[C@H](COS(=O)(=O)O)[C@@H](O)[C@H](O)[C@H]4O)cc3C[C@H]2C(=O)O)C[C@H](C(=O)O)N1. The van der Waals surface area contributed by atoms with Crippen molar-refractivity contribution < 1.29 is 81.7 Å². The second kappa shape index (κ2) is 12.4. The van der Waals surface area contributed by atoms with Gasteiger partial charge in [-0.25, -0.2) is 18.6 Å². The van der Waals surface area contributed by atoms with Crippen LogP contribution in [-0.4, -0.2) is 123 Å². The maximum absolute atomic E-state index is 12.1. The van der Waals surface area contributed by atoms with E-state index in [9.17, 15) is 58.5 Å². The van der Waals surface area contributed by atoms with Gasteiger partial charge in [0, 0.05) is 24.5 Å². The Hall–Kier alpha value is -3.82. The topological polar surface area (TPSA) is 291 Å². The Bertz CT molecular complexity index is 1460. The van der Waals surface area contributed by atoms with E-state index in [1.54, 1.807) is 0 Å². The molecule has 0 amide bonds. The first kappa shape index (κ1) is 32.1. The minimum atomic E-state index is -4.94. The molecule has 1 aromatic carbocycles. The van der Waals surface area contributed by atoms with Crippen molar-refractivity contribution in [3.05, 3.63) is 41.1 Å². The quantitative estimate of drug-likeness (QED) is 0.111. The summed E-state index contributed by atoms with van der Waals surface area (Å²) in [6.45, 7) is -0.987. The molecule has 43 heavy (non-hydrogen) atoms. The summed E-state index contributed by atoms with van der Waals surface area (Å²) in [7, 11) is -4.94. The molecule has 19 heteroatoms. The van der Waals surface area contributed by atoms with E-state index >= 15 is 0 Å². The molecule has 1 aromatic rings. The summed E-state index contributed by atoms with van der Waals surface area (Å²) in [5.41, 5.74) is 0.725. The van der Waals surface area contributed by atoms with Gasteiger partial charge in [0.1, 0.15) is 48.4 Å². The number of phenols is 1. The van der Waals surface area contributed by atoms with Crippen molar-refractivity contribution in [3.63, 3.8) is 0 Å². The number of carbonyl (C=O) groups is 3. The summed E-state index contributed by atoms with van der Waals surface area (Å²) in [5, 5.41) is 72.2. The zero-order valence-corrected chi connectivity index (χ0v) is 22.7. The van der Waals surface area contributed by atoms with E-state index < -0.39 is 83.5 Å². The largest absolute Gasteiger partial charge is 0.504 e. The van der Waals surface area contributed by atoms with Gasteiger partial charge in [-0.2, -0.15) is 8.42 Å². The van der Waals surface area contributed by atoms with Crippen LogP contribution in [0.2, 0.25) is 0 Å². The number of ether oxygens (including phenoxy) is 2. The van der Waals surface area contributed by atoms with Crippen LogP contribution in [0.3, 0.4) is 0 Å². The number of carboxylic acid groups (broad SMARTS) is 3. The number of benzene rings is 1. The Labute approximate surface area is 242 Å². The van der Waals surface area contributed by atoms with E-state index in [-0.39, 0.29) is 30.8 Å². The van der Waals surface area contributed by atoms with E-state index in [0.717, 1.165) is 0 Å². The lowest BCUT2D eigenvalue weighted by Crippen LogP contribution is -3.11. The van der Waals surface area contributed by atoms with Crippen LogP contribution in [0.25, 0.3) is 0 Å². The number of hydrogen-bond acceptors (Lipinski definition) is 13. The molecular weight excluding hydrogens is 604 g/mol. The van der Waals surface area contributed by atoms with Gasteiger partial charge in [-0.1, -0.05) is 0 Å². The Morgan fingerprint density at radius 2 is 1.74 bits per heavy atom. The molecule has 236 valence electrons. The molecule has 0 spiro atoms. The van der Waals surface area contributed by atoms with E-state index in [0.29, 0.717) is 21.7 Å². The molecular formula is C24H29N2O16S+. The molecule has 0 saturated carbocycles. The number of aromatic hydroxyl groups is 1. The predicted octanol–water partition coefficient (Wildman–Crippen LogP) is -3.73. The normalized spacial score (nSPS) is 31.5. The summed E-state index contributed by atoms with van der Waals surface area (Å²) in [5.74, 6) is -4.71. The summed E-state index contributed by atoms with van der Waals surface area (Å²) in [6, 6.07) is 0.183. The highest BCUT2D eigenvalue weighted by Crippen LogP contribution is 2.36. The fraction of sp³-hybridized carbons (Fsp3) is 0.458. The summed E-state index contributed by atoms with van der Waals surface area (Å²) in [6.07, 6.45) is -6.41. The van der Waals surface area contributed by atoms with Crippen LogP contribution < -0.4 is 15.0 Å². The minimum absolute atomic E-state index is 0.0291. The van der Waals surface area contributed by atoms with E-state index in [1.807, 2.05) is 0 Å². The van der Waals surface area contributed by atoms with Gasteiger partial charge in [0.05, 0.1) is 6.61 Å². The molecule has 3 aliphatic rings.